The van der Waals surface area contributed by atoms with E-state index in [9.17, 15) is 13.6 Å². The molecule has 0 aliphatic carbocycles. The number of nitrogens with two attached hydrogens (primary N) is 1. The lowest BCUT2D eigenvalue weighted by Crippen LogP contribution is -2.15. The molecule has 3 N–H and O–H groups in total. The van der Waals surface area contributed by atoms with E-state index < -0.39 is 17.5 Å². The maximum Gasteiger partial charge on any atom is 0.251 e. The predicted molar refractivity (Wildman–Crippen MR) is 78.1 cm³/mol. The molecular weight excluding hydrogens is 274 g/mol. The SMILES string of the molecule is Cc1ccccc1C(C)Nc1cc(C(N)=O)c(F)cc1F. The van der Waals surface area contributed by atoms with Crippen molar-refractivity contribution in [2.45, 2.75) is 19.9 Å². The number of hydrogen-bond acceptors (Lipinski definition) is 2. The fourth-order valence-electron chi connectivity index (χ4n) is 2.23. The van der Waals surface area contributed by atoms with E-state index in [1.54, 1.807) is 0 Å². The molecule has 1 atom stereocenters. The summed E-state index contributed by atoms with van der Waals surface area (Å²) >= 11 is 0. The van der Waals surface area contributed by atoms with Gasteiger partial charge in [0.25, 0.3) is 5.91 Å². The fourth-order valence-corrected chi connectivity index (χ4v) is 2.23. The van der Waals surface area contributed by atoms with Crippen molar-refractivity contribution in [3.05, 3.63) is 64.7 Å². The molecule has 1 amide bonds. The molecule has 0 radical (unpaired) electrons. The molecule has 0 aliphatic heterocycles. The molecule has 2 aromatic carbocycles. The molecule has 0 fully saturated rings. The zero-order valence-electron chi connectivity index (χ0n) is 11.8. The molecule has 1 unspecified atom stereocenters. The average Bonchev–Trinajstić information content (AvgIpc) is 2.41. The highest BCUT2D eigenvalue weighted by molar-refractivity contribution is 5.94. The van der Waals surface area contributed by atoms with Crippen LogP contribution in [0.5, 0.6) is 0 Å². The summed E-state index contributed by atoms with van der Waals surface area (Å²) in [6, 6.07) is 9.22. The zero-order chi connectivity index (χ0) is 15.6. The molecule has 5 heteroatoms. The number of carbonyl (C=O) groups excluding carboxylic acids is 1. The first-order valence-electron chi connectivity index (χ1n) is 6.51. The van der Waals surface area contributed by atoms with Gasteiger partial charge in [0.05, 0.1) is 11.3 Å². The summed E-state index contributed by atoms with van der Waals surface area (Å²) in [5, 5.41) is 2.94. The molecule has 2 aromatic rings. The second kappa shape index (κ2) is 5.91. The van der Waals surface area contributed by atoms with Crippen LogP contribution in [0.2, 0.25) is 0 Å². The third kappa shape index (κ3) is 3.18. The number of halogens is 2. The highest BCUT2D eigenvalue weighted by Gasteiger charge is 2.16. The molecule has 21 heavy (non-hydrogen) atoms. The lowest BCUT2D eigenvalue weighted by molar-refractivity contribution is 0.0996. The molecule has 3 nitrogen and oxygen atoms in total. The predicted octanol–water partition coefficient (Wildman–Crippen LogP) is 3.55. The minimum atomic E-state index is -0.964. The van der Waals surface area contributed by atoms with Crippen LogP contribution in [0, 0.1) is 18.6 Å². The Morgan fingerprint density at radius 3 is 2.48 bits per heavy atom. The maximum atomic E-state index is 13.8. The normalized spacial score (nSPS) is 12.0. The lowest BCUT2D eigenvalue weighted by Gasteiger charge is -2.18. The number of benzene rings is 2. The number of nitrogens with one attached hydrogen (secondary N) is 1. The molecule has 2 rings (SSSR count). The summed E-state index contributed by atoms with van der Waals surface area (Å²) < 4.78 is 27.3. The number of aryl methyl sites for hydroxylation is 1. The van der Waals surface area contributed by atoms with Gasteiger partial charge in [-0.2, -0.15) is 0 Å². The van der Waals surface area contributed by atoms with Crippen LogP contribution in [0.1, 0.15) is 34.5 Å². The third-order valence-corrected chi connectivity index (χ3v) is 3.35. The summed E-state index contributed by atoms with van der Waals surface area (Å²) in [6.07, 6.45) is 0. The first kappa shape index (κ1) is 15.0. The molecule has 0 heterocycles. The number of rotatable bonds is 4. The second-order valence-electron chi connectivity index (χ2n) is 4.90. The Labute approximate surface area is 121 Å². The Balaban J connectivity index is 2.33. The van der Waals surface area contributed by atoms with E-state index >= 15 is 0 Å². The first-order chi connectivity index (χ1) is 9.90. The number of hydrogen-bond donors (Lipinski definition) is 2. The van der Waals surface area contributed by atoms with Crippen LogP contribution in [0.25, 0.3) is 0 Å². The zero-order valence-corrected chi connectivity index (χ0v) is 11.8. The molecule has 0 aromatic heterocycles. The third-order valence-electron chi connectivity index (χ3n) is 3.35. The Hall–Kier alpha value is -2.43. The van der Waals surface area contributed by atoms with E-state index in [0.29, 0.717) is 6.07 Å². The second-order valence-corrected chi connectivity index (χ2v) is 4.90. The van der Waals surface area contributed by atoms with Gasteiger partial charge in [0.15, 0.2) is 0 Å². The van der Waals surface area contributed by atoms with E-state index in [2.05, 4.69) is 5.32 Å². The van der Waals surface area contributed by atoms with Crippen molar-refractivity contribution in [1.82, 2.24) is 0 Å². The van der Waals surface area contributed by atoms with Crippen LogP contribution in [-0.4, -0.2) is 5.91 Å². The van der Waals surface area contributed by atoms with Crippen molar-refractivity contribution in [3.8, 4) is 0 Å². The number of amides is 1. The summed E-state index contributed by atoms with van der Waals surface area (Å²) in [5.74, 6) is -2.66. The van der Waals surface area contributed by atoms with Gasteiger partial charge in [0.1, 0.15) is 11.6 Å². The van der Waals surface area contributed by atoms with E-state index in [1.807, 2.05) is 38.1 Å². The molecule has 0 saturated heterocycles. The Kier molecular flexibility index (Phi) is 4.21. The van der Waals surface area contributed by atoms with Gasteiger partial charge in [-0.3, -0.25) is 4.79 Å². The fraction of sp³-hybridized carbons (Fsp3) is 0.188. The number of carbonyl (C=O) groups is 1. The summed E-state index contributed by atoms with van der Waals surface area (Å²) in [5.41, 5.74) is 6.81. The van der Waals surface area contributed by atoms with Crippen LogP contribution in [-0.2, 0) is 0 Å². The largest absolute Gasteiger partial charge is 0.376 e. The lowest BCUT2D eigenvalue weighted by atomic mass is 10.0. The van der Waals surface area contributed by atoms with Crippen LogP contribution in [0.4, 0.5) is 14.5 Å². The molecule has 0 spiro atoms. The average molecular weight is 290 g/mol. The summed E-state index contributed by atoms with van der Waals surface area (Å²) in [6.45, 7) is 3.80. The van der Waals surface area contributed by atoms with Crippen LogP contribution >= 0.6 is 0 Å². The van der Waals surface area contributed by atoms with E-state index in [1.165, 1.54) is 0 Å². The van der Waals surface area contributed by atoms with Crippen LogP contribution < -0.4 is 11.1 Å². The maximum absolute atomic E-state index is 13.8. The van der Waals surface area contributed by atoms with Gasteiger partial charge in [0, 0.05) is 12.1 Å². The van der Waals surface area contributed by atoms with Crippen molar-refractivity contribution in [1.29, 1.82) is 0 Å². The topological polar surface area (TPSA) is 55.1 Å². The summed E-state index contributed by atoms with van der Waals surface area (Å²) in [4.78, 5) is 11.1. The molecule has 0 bridgehead atoms. The molecular formula is C16H16F2N2O. The minimum absolute atomic E-state index is 0.0425. The highest BCUT2D eigenvalue weighted by Crippen LogP contribution is 2.25. The molecule has 0 saturated carbocycles. The van der Waals surface area contributed by atoms with Crippen molar-refractivity contribution >= 4 is 11.6 Å². The first-order valence-corrected chi connectivity index (χ1v) is 6.51. The van der Waals surface area contributed by atoms with Crippen molar-refractivity contribution in [2.24, 2.45) is 5.73 Å². The van der Waals surface area contributed by atoms with Crippen LogP contribution in [0.3, 0.4) is 0 Å². The van der Waals surface area contributed by atoms with Crippen molar-refractivity contribution in [3.63, 3.8) is 0 Å². The van der Waals surface area contributed by atoms with Gasteiger partial charge >= 0.3 is 0 Å². The number of primary amides is 1. The summed E-state index contributed by atoms with van der Waals surface area (Å²) in [7, 11) is 0. The van der Waals surface area contributed by atoms with Gasteiger partial charge in [0.2, 0.25) is 0 Å². The van der Waals surface area contributed by atoms with Gasteiger partial charge < -0.3 is 11.1 Å². The Morgan fingerprint density at radius 2 is 1.86 bits per heavy atom. The minimum Gasteiger partial charge on any atom is -0.376 e. The van der Waals surface area contributed by atoms with Crippen molar-refractivity contribution < 1.29 is 13.6 Å². The monoisotopic (exact) mass is 290 g/mol. The Morgan fingerprint density at radius 1 is 1.19 bits per heavy atom. The van der Waals surface area contributed by atoms with Gasteiger partial charge in [-0.25, -0.2) is 8.78 Å². The smallest absolute Gasteiger partial charge is 0.251 e. The quantitative estimate of drug-likeness (QED) is 0.904. The van der Waals surface area contributed by atoms with E-state index in [4.69, 9.17) is 5.73 Å². The van der Waals surface area contributed by atoms with Gasteiger partial charge in [-0.15, -0.1) is 0 Å². The van der Waals surface area contributed by atoms with E-state index in [-0.39, 0.29) is 17.3 Å². The Bertz CT molecular complexity index is 686. The highest BCUT2D eigenvalue weighted by atomic mass is 19.1. The van der Waals surface area contributed by atoms with Gasteiger partial charge in [-0.1, -0.05) is 24.3 Å². The van der Waals surface area contributed by atoms with Crippen LogP contribution in [0.15, 0.2) is 36.4 Å². The van der Waals surface area contributed by atoms with Crippen molar-refractivity contribution in [2.75, 3.05) is 5.32 Å². The van der Waals surface area contributed by atoms with Gasteiger partial charge in [-0.05, 0) is 31.0 Å². The standard InChI is InChI=1S/C16H16F2N2O/c1-9-5-3-4-6-11(9)10(2)20-15-7-12(16(19)21)13(17)8-14(15)18/h3-8,10,20H,1-2H3,(H2,19,21). The number of anilines is 1. The van der Waals surface area contributed by atoms with E-state index in [0.717, 1.165) is 17.2 Å². The molecule has 110 valence electrons. The molecule has 0 aliphatic rings.